The van der Waals surface area contributed by atoms with Crippen LogP contribution < -0.4 is 0 Å². The zero-order valence-corrected chi connectivity index (χ0v) is 5.79. The molecule has 2 amide bonds. The largest absolute Gasteiger partial charge is 0.370 e. The molecule has 1 saturated heterocycles. The third kappa shape index (κ3) is 1.33. The van der Waals surface area contributed by atoms with Gasteiger partial charge in [-0.05, 0) is 0 Å². The summed E-state index contributed by atoms with van der Waals surface area (Å²) in [5, 5.41) is 0. The minimum absolute atomic E-state index is 0.0413. The van der Waals surface area contributed by atoms with Crippen LogP contribution in [0.1, 0.15) is 6.92 Å². The number of ether oxygens (including phenoxy) is 1. The average Bonchev–Trinajstić information content (AvgIpc) is 1.88. The van der Waals surface area contributed by atoms with Crippen LogP contribution in [-0.4, -0.2) is 36.5 Å². The second kappa shape index (κ2) is 2.79. The molecule has 0 spiro atoms. The average molecular weight is 143 g/mol. The molecule has 1 aliphatic heterocycles. The fraction of sp³-hybridized carbons (Fsp3) is 0.667. The van der Waals surface area contributed by atoms with E-state index in [2.05, 4.69) is 0 Å². The number of carbonyl (C=O) groups excluding carboxylic acids is 2. The van der Waals surface area contributed by atoms with Crippen LogP contribution in [0.2, 0.25) is 0 Å². The summed E-state index contributed by atoms with van der Waals surface area (Å²) in [5.41, 5.74) is 0. The molecular formula is C6H9NO3. The third-order valence-corrected chi connectivity index (χ3v) is 1.37. The number of nitrogens with zero attached hydrogens (tertiary/aromatic N) is 1. The number of imide groups is 1. The Labute approximate surface area is 58.8 Å². The highest BCUT2D eigenvalue weighted by Gasteiger charge is 2.21. The zero-order valence-electron chi connectivity index (χ0n) is 5.79. The highest BCUT2D eigenvalue weighted by Crippen LogP contribution is 1.97. The first-order valence-electron chi connectivity index (χ1n) is 3.10. The molecular weight excluding hydrogens is 134 g/mol. The number of carbonyl (C=O) groups is 2. The molecule has 0 bridgehead atoms. The Hall–Kier alpha value is -0.900. The monoisotopic (exact) mass is 143 g/mol. The van der Waals surface area contributed by atoms with Crippen molar-refractivity contribution in [3.8, 4) is 0 Å². The molecule has 0 aliphatic carbocycles. The zero-order chi connectivity index (χ0) is 7.56. The Morgan fingerprint density at radius 2 is 2.40 bits per heavy atom. The van der Waals surface area contributed by atoms with Gasteiger partial charge in [-0.2, -0.15) is 0 Å². The van der Waals surface area contributed by atoms with E-state index in [1.165, 1.54) is 11.8 Å². The quantitative estimate of drug-likeness (QED) is 0.454. The smallest absolute Gasteiger partial charge is 0.255 e. The van der Waals surface area contributed by atoms with Gasteiger partial charge in [0.05, 0.1) is 13.2 Å². The maximum Gasteiger partial charge on any atom is 0.255 e. The molecule has 0 saturated carbocycles. The summed E-state index contributed by atoms with van der Waals surface area (Å²) >= 11 is 0. The molecule has 1 rings (SSSR count). The van der Waals surface area contributed by atoms with Crippen molar-refractivity contribution in [3.63, 3.8) is 0 Å². The molecule has 1 fully saturated rings. The molecule has 1 aliphatic rings. The first-order chi connectivity index (χ1) is 4.72. The molecule has 4 nitrogen and oxygen atoms in total. The highest BCUT2D eigenvalue weighted by atomic mass is 16.5. The lowest BCUT2D eigenvalue weighted by atomic mass is 10.4. The van der Waals surface area contributed by atoms with E-state index in [1.54, 1.807) is 0 Å². The molecule has 4 heteroatoms. The fourth-order valence-corrected chi connectivity index (χ4v) is 0.851. The molecule has 10 heavy (non-hydrogen) atoms. The van der Waals surface area contributed by atoms with Crippen LogP contribution in [0.15, 0.2) is 0 Å². The predicted octanol–water partition coefficient (Wildman–Crippen LogP) is -0.608. The lowest BCUT2D eigenvalue weighted by molar-refractivity contribution is -0.152. The summed E-state index contributed by atoms with van der Waals surface area (Å²) in [6.07, 6.45) is 0. The molecule has 0 atom stereocenters. The first kappa shape index (κ1) is 7.21. The van der Waals surface area contributed by atoms with Crippen molar-refractivity contribution in [1.82, 2.24) is 4.90 Å². The van der Waals surface area contributed by atoms with Crippen molar-refractivity contribution in [2.75, 3.05) is 19.8 Å². The summed E-state index contributed by atoms with van der Waals surface area (Å²) in [5.74, 6) is -0.438. The van der Waals surface area contributed by atoms with Gasteiger partial charge in [0, 0.05) is 6.92 Å². The molecule has 0 unspecified atom stereocenters. The SMILES string of the molecule is CC(=O)N1CCOCC1=O. The van der Waals surface area contributed by atoms with Crippen LogP contribution in [0.25, 0.3) is 0 Å². The molecule has 1 heterocycles. The maximum atomic E-state index is 10.8. The number of morpholine rings is 1. The molecule has 0 aromatic rings. The minimum Gasteiger partial charge on any atom is -0.370 e. The lowest BCUT2D eigenvalue weighted by Gasteiger charge is -2.23. The van der Waals surface area contributed by atoms with Gasteiger partial charge < -0.3 is 4.74 Å². The number of amides is 2. The predicted molar refractivity (Wildman–Crippen MR) is 33.2 cm³/mol. The Balaban J connectivity index is 2.56. The topological polar surface area (TPSA) is 46.6 Å². The van der Waals surface area contributed by atoms with Crippen molar-refractivity contribution in [3.05, 3.63) is 0 Å². The lowest BCUT2D eigenvalue weighted by Crippen LogP contribution is -2.44. The molecule has 0 aromatic heterocycles. The minimum atomic E-state index is -0.237. The van der Waals surface area contributed by atoms with Crippen LogP contribution in [-0.2, 0) is 14.3 Å². The van der Waals surface area contributed by atoms with E-state index < -0.39 is 0 Å². The molecule has 0 aromatic carbocycles. The van der Waals surface area contributed by atoms with Crippen LogP contribution in [0, 0.1) is 0 Å². The van der Waals surface area contributed by atoms with E-state index in [0.29, 0.717) is 13.2 Å². The van der Waals surface area contributed by atoms with E-state index in [4.69, 9.17) is 4.74 Å². The number of rotatable bonds is 0. The summed E-state index contributed by atoms with van der Waals surface area (Å²) in [6, 6.07) is 0. The normalized spacial score (nSPS) is 19.3. The van der Waals surface area contributed by atoms with Crippen LogP contribution in [0.3, 0.4) is 0 Å². The Kier molecular flexibility index (Phi) is 2.01. The van der Waals surface area contributed by atoms with Gasteiger partial charge in [0.1, 0.15) is 6.61 Å². The van der Waals surface area contributed by atoms with Gasteiger partial charge in [-0.3, -0.25) is 14.5 Å². The summed E-state index contributed by atoms with van der Waals surface area (Å²) in [7, 11) is 0. The van der Waals surface area contributed by atoms with Gasteiger partial charge in [0.2, 0.25) is 5.91 Å². The van der Waals surface area contributed by atoms with E-state index in [0.717, 1.165) is 0 Å². The summed E-state index contributed by atoms with van der Waals surface area (Å²) in [4.78, 5) is 22.7. The van der Waals surface area contributed by atoms with Gasteiger partial charge >= 0.3 is 0 Å². The molecule has 0 N–H and O–H groups in total. The summed E-state index contributed by atoms with van der Waals surface area (Å²) < 4.78 is 4.82. The van der Waals surface area contributed by atoms with Crippen molar-refractivity contribution < 1.29 is 14.3 Å². The second-order valence-corrected chi connectivity index (χ2v) is 2.12. The van der Waals surface area contributed by atoms with E-state index in [-0.39, 0.29) is 18.4 Å². The molecule has 0 radical (unpaired) electrons. The van der Waals surface area contributed by atoms with E-state index >= 15 is 0 Å². The highest BCUT2D eigenvalue weighted by molar-refractivity contribution is 5.95. The fourth-order valence-electron chi connectivity index (χ4n) is 0.851. The van der Waals surface area contributed by atoms with Crippen LogP contribution in [0.4, 0.5) is 0 Å². The van der Waals surface area contributed by atoms with Crippen molar-refractivity contribution in [2.24, 2.45) is 0 Å². The number of hydrogen-bond acceptors (Lipinski definition) is 3. The van der Waals surface area contributed by atoms with Gasteiger partial charge in [-0.15, -0.1) is 0 Å². The van der Waals surface area contributed by atoms with Crippen LogP contribution >= 0.6 is 0 Å². The standard InChI is InChI=1S/C6H9NO3/c1-5(8)7-2-3-10-4-6(7)9/h2-4H2,1H3. The van der Waals surface area contributed by atoms with Gasteiger partial charge in [-0.25, -0.2) is 0 Å². The van der Waals surface area contributed by atoms with E-state index in [9.17, 15) is 9.59 Å². The van der Waals surface area contributed by atoms with Gasteiger partial charge in [0.15, 0.2) is 0 Å². The maximum absolute atomic E-state index is 10.8. The summed E-state index contributed by atoms with van der Waals surface area (Å²) in [6.45, 7) is 2.28. The number of hydrogen-bond donors (Lipinski definition) is 0. The van der Waals surface area contributed by atoms with Crippen molar-refractivity contribution >= 4 is 11.8 Å². The molecule has 56 valence electrons. The Morgan fingerprint density at radius 1 is 1.70 bits per heavy atom. The van der Waals surface area contributed by atoms with Crippen LogP contribution in [0.5, 0.6) is 0 Å². The second-order valence-electron chi connectivity index (χ2n) is 2.12. The third-order valence-electron chi connectivity index (χ3n) is 1.37. The first-order valence-corrected chi connectivity index (χ1v) is 3.10. The Morgan fingerprint density at radius 3 is 2.80 bits per heavy atom. The van der Waals surface area contributed by atoms with Gasteiger partial charge in [0.25, 0.3) is 5.91 Å². The van der Waals surface area contributed by atoms with E-state index in [1.807, 2.05) is 0 Å². The Bertz CT molecular complexity index is 166. The van der Waals surface area contributed by atoms with Gasteiger partial charge in [-0.1, -0.05) is 0 Å². The van der Waals surface area contributed by atoms with Crippen molar-refractivity contribution in [1.29, 1.82) is 0 Å². The van der Waals surface area contributed by atoms with Crippen molar-refractivity contribution in [2.45, 2.75) is 6.92 Å².